The summed E-state index contributed by atoms with van der Waals surface area (Å²) in [6, 6.07) is 3.34. The van der Waals surface area contributed by atoms with Crippen LogP contribution in [0.25, 0.3) is 5.65 Å². The molecule has 0 radical (unpaired) electrons. The summed E-state index contributed by atoms with van der Waals surface area (Å²) in [5.41, 5.74) is 7.43. The minimum Gasteiger partial charge on any atom is -0.469 e. The smallest absolute Gasteiger partial charge is 0.305 e. The summed E-state index contributed by atoms with van der Waals surface area (Å²) in [7, 11) is 1.36. The Morgan fingerprint density at radius 1 is 1.65 bits per heavy atom. The second kappa shape index (κ2) is 4.92. The van der Waals surface area contributed by atoms with Gasteiger partial charge in [-0.15, -0.1) is 0 Å². The quantitative estimate of drug-likeness (QED) is 0.787. The molecular formula is C11H14N4O2. The van der Waals surface area contributed by atoms with Crippen molar-refractivity contribution in [3.8, 4) is 0 Å². The minimum absolute atomic E-state index is 0.262. The highest BCUT2D eigenvalue weighted by molar-refractivity contribution is 5.69. The Bertz CT molecular complexity index is 490. The molecule has 0 spiro atoms. The Kier molecular flexibility index (Phi) is 3.34. The predicted octanol–water partition coefficient (Wildman–Crippen LogP) is 0.682. The Labute approximate surface area is 98.4 Å². The lowest BCUT2D eigenvalue weighted by atomic mass is 10.1. The molecule has 0 amide bonds. The lowest BCUT2D eigenvalue weighted by molar-refractivity contribution is -0.140. The molecule has 0 aliphatic rings. The standard InChI is InChI=1S/C11H14N4O2/c1-17-11(16)4-3-8(12)9-7-10-13-5-2-6-15(10)14-9/h2,5-8H,3-4,12H2,1H3. The normalized spacial score (nSPS) is 12.6. The number of methoxy groups -OCH3 is 1. The summed E-state index contributed by atoms with van der Waals surface area (Å²) < 4.78 is 6.22. The van der Waals surface area contributed by atoms with Crippen molar-refractivity contribution >= 4 is 11.6 Å². The molecule has 0 aliphatic carbocycles. The fourth-order valence-electron chi connectivity index (χ4n) is 1.55. The van der Waals surface area contributed by atoms with E-state index in [1.165, 1.54) is 7.11 Å². The minimum atomic E-state index is -0.282. The van der Waals surface area contributed by atoms with Crippen molar-refractivity contribution in [1.29, 1.82) is 0 Å². The fourth-order valence-corrected chi connectivity index (χ4v) is 1.55. The molecule has 2 aromatic rings. The van der Waals surface area contributed by atoms with Crippen LogP contribution in [0.3, 0.4) is 0 Å². The average molecular weight is 234 g/mol. The first-order valence-corrected chi connectivity index (χ1v) is 5.33. The highest BCUT2D eigenvalue weighted by Gasteiger charge is 2.13. The molecule has 0 saturated heterocycles. The Hall–Kier alpha value is -1.95. The molecule has 0 saturated carbocycles. The van der Waals surface area contributed by atoms with Crippen LogP contribution in [0.1, 0.15) is 24.6 Å². The number of hydrogen-bond donors (Lipinski definition) is 1. The van der Waals surface area contributed by atoms with Crippen molar-refractivity contribution in [1.82, 2.24) is 14.6 Å². The fraction of sp³-hybridized carbons (Fsp3) is 0.364. The number of ether oxygens (including phenoxy) is 1. The maximum Gasteiger partial charge on any atom is 0.305 e. The molecule has 0 aliphatic heterocycles. The number of hydrogen-bond acceptors (Lipinski definition) is 5. The van der Waals surface area contributed by atoms with Crippen LogP contribution < -0.4 is 5.73 Å². The molecule has 2 heterocycles. The van der Waals surface area contributed by atoms with E-state index in [0.717, 1.165) is 11.3 Å². The van der Waals surface area contributed by atoms with Gasteiger partial charge in [-0.1, -0.05) is 0 Å². The summed E-state index contributed by atoms with van der Waals surface area (Å²) in [5.74, 6) is -0.262. The van der Waals surface area contributed by atoms with Crippen LogP contribution in [0.2, 0.25) is 0 Å². The van der Waals surface area contributed by atoms with Gasteiger partial charge in [0.05, 0.1) is 12.8 Å². The van der Waals surface area contributed by atoms with Crippen molar-refractivity contribution < 1.29 is 9.53 Å². The lowest BCUT2D eigenvalue weighted by Gasteiger charge is -2.06. The second-order valence-corrected chi connectivity index (χ2v) is 3.71. The third kappa shape index (κ3) is 2.59. The highest BCUT2D eigenvalue weighted by atomic mass is 16.5. The molecular weight excluding hydrogens is 220 g/mol. The van der Waals surface area contributed by atoms with Crippen molar-refractivity contribution in [3.63, 3.8) is 0 Å². The van der Waals surface area contributed by atoms with Crippen LogP contribution in [0.5, 0.6) is 0 Å². The molecule has 17 heavy (non-hydrogen) atoms. The monoisotopic (exact) mass is 234 g/mol. The number of carbonyl (C=O) groups is 1. The first kappa shape index (κ1) is 11.5. The van der Waals surface area contributed by atoms with E-state index in [9.17, 15) is 4.79 Å². The van der Waals surface area contributed by atoms with E-state index in [1.807, 2.05) is 6.07 Å². The van der Waals surface area contributed by atoms with E-state index >= 15 is 0 Å². The maximum atomic E-state index is 11.0. The first-order chi connectivity index (χ1) is 8.20. The van der Waals surface area contributed by atoms with Crippen LogP contribution in [0, 0.1) is 0 Å². The molecule has 2 rings (SSSR count). The summed E-state index contributed by atoms with van der Waals surface area (Å²) in [4.78, 5) is 15.2. The average Bonchev–Trinajstić information content (AvgIpc) is 2.79. The predicted molar refractivity (Wildman–Crippen MR) is 61.2 cm³/mol. The molecule has 2 N–H and O–H groups in total. The van der Waals surface area contributed by atoms with Gasteiger partial charge in [0.25, 0.3) is 0 Å². The number of aromatic nitrogens is 3. The SMILES string of the molecule is COC(=O)CCC(N)c1cc2ncccn2n1. The van der Waals surface area contributed by atoms with E-state index in [2.05, 4.69) is 14.8 Å². The van der Waals surface area contributed by atoms with Crippen molar-refractivity contribution in [2.24, 2.45) is 5.73 Å². The van der Waals surface area contributed by atoms with E-state index in [4.69, 9.17) is 5.73 Å². The third-order valence-electron chi connectivity index (χ3n) is 2.52. The summed E-state index contributed by atoms with van der Waals surface area (Å²) in [6.07, 6.45) is 4.30. The number of nitrogens with zero attached hydrogens (tertiary/aromatic N) is 3. The third-order valence-corrected chi connectivity index (χ3v) is 2.52. The Morgan fingerprint density at radius 3 is 3.18 bits per heavy atom. The van der Waals surface area contributed by atoms with Crippen LogP contribution in [-0.4, -0.2) is 27.7 Å². The van der Waals surface area contributed by atoms with Gasteiger partial charge in [-0.05, 0) is 12.5 Å². The molecule has 6 heteroatoms. The van der Waals surface area contributed by atoms with Gasteiger partial charge in [0.1, 0.15) is 0 Å². The first-order valence-electron chi connectivity index (χ1n) is 5.33. The molecule has 0 fully saturated rings. The summed E-state index contributed by atoms with van der Waals surface area (Å²) in [6.45, 7) is 0. The molecule has 1 atom stereocenters. The van der Waals surface area contributed by atoms with Gasteiger partial charge in [0.2, 0.25) is 0 Å². The van der Waals surface area contributed by atoms with Gasteiger partial charge in [0.15, 0.2) is 5.65 Å². The van der Waals surface area contributed by atoms with Crippen molar-refractivity contribution in [2.75, 3.05) is 7.11 Å². The molecule has 0 aromatic carbocycles. The van der Waals surface area contributed by atoms with Crippen LogP contribution >= 0.6 is 0 Å². The number of fused-ring (bicyclic) bond motifs is 1. The molecule has 6 nitrogen and oxygen atoms in total. The van der Waals surface area contributed by atoms with Crippen LogP contribution in [0.4, 0.5) is 0 Å². The summed E-state index contributed by atoms with van der Waals surface area (Å²) >= 11 is 0. The van der Waals surface area contributed by atoms with Gasteiger partial charge < -0.3 is 10.5 Å². The Morgan fingerprint density at radius 2 is 2.47 bits per heavy atom. The number of carbonyl (C=O) groups excluding carboxylic acids is 1. The number of nitrogens with two attached hydrogens (primary N) is 1. The van der Waals surface area contributed by atoms with Gasteiger partial charge >= 0.3 is 5.97 Å². The Balaban J connectivity index is 2.08. The van der Waals surface area contributed by atoms with Gasteiger partial charge in [-0.3, -0.25) is 4.79 Å². The van der Waals surface area contributed by atoms with Crippen molar-refractivity contribution in [2.45, 2.75) is 18.9 Å². The number of rotatable bonds is 4. The maximum absolute atomic E-state index is 11.0. The van der Waals surface area contributed by atoms with E-state index in [1.54, 1.807) is 23.0 Å². The van der Waals surface area contributed by atoms with Crippen LogP contribution in [0.15, 0.2) is 24.5 Å². The zero-order chi connectivity index (χ0) is 12.3. The van der Waals surface area contributed by atoms with E-state index < -0.39 is 0 Å². The molecule has 0 bridgehead atoms. The lowest BCUT2D eigenvalue weighted by Crippen LogP contribution is -2.13. The summed E-state index contributed by atoms with van der Waals surface area (Å²) in [5, 5.41) is 4.29. The largest absolute Gasteiger partial charge is 0.469 e. The van der Waals surface area contributed by atoms with E-state index in [0.29, 0.717) is 12.8 Å². The van der Waals surface area contributed by atoms with Crippen LogP contribution in [-0.2, 0) is 9.53 Å². The van der Waals surface area contributed by atoms with Gasteiger partial charge in [-0.25, -0.2) is 9.50 Å². The highest BCUT2D eigenvalue weighted by Crippen LogP contribution is 2.15. The zero-order valence-electron chi connectivity index (χ0n) is 9.54. The van der Waals surface area contributed by atoms with E-state index in [-0.39, 0.29) is 12.0 Å². The van der Waals surface area contributed by atoms with Gasteiger partial charge in [-0.2, -0.15) is 5.10 Å². The topological polar surface area (TPSA) is 82.5 Å². The molecule has 1 unspecified atom stereocenters. The van der Waals surface area contributed by atoms with Crippen molar-refractivity contribution in [3.05, 3.63) is 30.2 Å². The van der Waals surface area contributed by atoms with Gasteiger partial charge in [0, 0.05) is 30.9 Å². The second-order valence-electron chi connectivity index (χ2n) is 3.71. The number of esters is 1. The molecule has 2 aromatic heterocycles. The molecule has 90 valence electrons. The zero-order valence-corrected chi connectivity index (χ0v) is 9.54.